The van der Waals surface area contributed by atoms with E-state index in [1.165, 1.54) is 0 Å². The van der Waals surface area contributed by atoms with Crippen molar-refractivity contribution in [1.29, 1.82) is 0 Å². The summed E-state index contributed by atoms with van der Waals surface area (Å²) in [5.74, 6) is 1.47. The number of aromatic nitrogens is 2. The molecule has 16 heavy (non-hydrogen) atoms. The van der Waals surface area contributed by atoms with Crippen molar-refractivity contribution < 1.29 is 9.47 Å². The second kappa shape index (κ2) is 4.26. The zero-order valence-corrected chi connectivity index (χ0v) is 9.60. The summed E-state index contributed by atoms with van der Waals surface area (Å²) in [7, 11) is 5.14. The Balaban J connectivity index is 2.41. The molecule has 1 heterocycles. The topological polar surface area (TPSA) is 36.3 Å². The van der Waals surface area contributed by atoms with Gasteiger partial charge in [0.05, 0.1) is 19.8 Å². The van der Waals surface area contributed by atoms with E-state index in [1.807, 2.05) is 37.5 Å². The molecule has 0 atom stereocenters. The Bertz CT molecular complexity index is 474. The summed E-state index contributed by atoms with van der Waals surface area (Å²) >= 11 is 0. The Morgan fingerprint density at radius 3 is 2.31 bits per heavy atom. The van der Waals surface area contributed by atoms with E-state index in [-0.39, 0.29) is 0 Å². The molecule has 0 spiro atoms. The summed E-state index contributed by atoms with van der Waals surface area (Å²) in [6.07, 6.45) is 1.93. The number of methoxy groups -OCH3 is 2. The van der Waals surface area contributed by atoms with Crippen LogP contribution in [0.3, 0.4) is 0 Å². The predicted octanol–water partition coefficient (Wildman–Crippen LogP) is 2.10. The van der Waals surface area contributed by atoms with Crippen molar-refractivity contribution in [2.24, 2.45) is 7.05 Å². The summed E-state index contributed by atoms with van der Waals surface area (Å²) in [4.78, 5) is 0. The maximum absolute atomic E-state index is 5.21. The number of hydrogen-bond acceptors (Lipinski definition) is 3. The van der Waals surface area contributed by atoms with Gasteiger partial charge < -0.3 is 9.47 Å². The molecule has 0 fully saturated rings. The molecular formula is C12H14N2O2. The number of rotatable bonds is 3. The maximum Gasteiger partial charge on any atom is 0.240 e. The maximum atomic E-state index is 5.21. The summed E-state index contributed by atoms with van der Waals surface area (Å²) < 4.78 is 12.1. The van der Waals surface area contributed by atoms with E-state index in [4.69, 9.17) is 9.47 Å². The predicted molar refractivity (Wildman–Crippen MR) is 61.7 cm³/mol. The van der Waals surface area contributed by atoms with E-state index in [9.17, 15) is 0 Å². The lowest BCUT2D eigenvalue weighted by atomic mass is 10.1. The number of ether oxygens (including phenoxy) is 2. The van der Waals surface area contributed by atoms with Crippen LogP contribution in [-0.2, 0) is 7.05 Å². The zero-order valence-electron chi connectivity index (χ0n) is 9.60. The van der Waals surface area contributed by atoms with Crippen LogP contribution in [0.25, 0.3) is 11.1 Å². The quantitative estimate of drug-likeness (QED) is 0.791. The van der Waals surface area contributed by atoms with Gasteiger partial charge in [-0.15, -0.1) is 5.10 Å². The number of benzene rings is 1. The molecule has 0 bridgehead atoms. The van der Waals surface area contributed by atoms with Crippen molar-refractivity contribution in [1.82, 2.24) is 9.78 Å². The van der Waals surface area contributed by atoms with Gasteiger partial charge in [-0.2, -0.15) is 0 Å². The zero-order chi connectivity index (χ0) is 11.5. The Hall–Kier alpha value is -1.97. The monoisotopic (exact) mass is 218 g/mol. The van der Waals surface area contributed by atoms with Crippen molar-refractivity contribution in [3.63, 3.8) is 0 Å². The fraction of sp³-hybridized carbons (Fsp3) is 0.250. The van der Waals surface area contributed by atoms with Gasteiger partial charge in [0.15, 0.2) is 0 Å². The smallest absolute Gasteiger partial charge is 0.240 e. The minimum Gasteiger partial charge on any atom is -0.497 e. The largest absolute Gasteiger partial charge is 0.497 e. The minimum absolute atomic E-state index is 0.632. The van der Waals surface area contributed by atoms with Crippen molar-refractivity contribution in [3.8, 4) is 22.8 Å². The highest BCUT2D eigenvalue weighted by Gasteiger charge is 2.09. The van der Waals surface area contributed by atoms with Crippen LogP contribution < -0.4 is 9.47 Å². The standard InChI is InChI=1S/C12H14N2O2/c1-14-8-11(12(13-14)16-3)9-4-6-10(15-2)7-5-9/h4-8H,1-3H3. The highest BCUT2D eigenvalue weighted by molar-refractivity contribution is 5.68. The molecule has 0 radical (unpaired) electrons. The van der Waals surface area contributed by atoms with Crippen LogP contribution in [0.2, 0.25) is 0 Å². The summed E-state index contributed by atoms with van der Waals surface area (Å²) in [5, 5.41) is 4.21. The normalized spacial score (nSPS) is 10.2. The molecule has 4 heteroatoms. The van der Waals surface area contributed by atoms with E-state index in [0.29, 0.717) is 5.88 Å². The third kappa shape index (κ3) is 1.86. The molecule has 1 aromatic heterocycles. The minimum atomic E-state index is 0.632. The number of hydrogen-bond donors (Lipinski definition) is 0. The molecule has 0 amide bonds. The van der Waals surface area contributed by atoms with Gasteiger partial charge in [-0.1, -0.05) is 12.1 Å². The molecule has 0 unspecified atom stereocenters. The van der Waals surface area contributed by atoms with Gasteiger partial charge in [-0.25, -0.2) is 0 Å². The Morgan fingerprint density at radius 2 is 1.75 bits per heavy atom. The van der Waals surface area contributed by atoms with Crippen molar-refractivity contribution in [2.45, 2.75) is 0 Å². The molecule has 0 aliphatic heterocycles. The lowest BCUT2D eigenvalue weighted by molar-refractivity contribution is 0.393. The Kier molecular flexibility index (Phi) is 2.81. The average Bonchev–Trinajstić information content (AvgIpc) is 2.70. The molecule has 1 aromatic carbocycles. The van der Waals surface area contributed by atoms with E-state index < -0.39 is 0 Å². The van der Waals surface area contributed by atoms with Crippen LogP contribution in [0, 0.1) is 0 Å². The number of aryl methyl sites for hydroxylation is 1. The molecule has 84 valence electrons. The highest BCUT2D eigenvalue weighted by atomic mass is 16.5. The van der Waals surface area contributed by atoms with E-state index in [0.717, 1.165) is 16.9 Å². The van der Waals surface area contributed by atoms with Gasteiger partial charge in [-0.05, 0) is 17.7 Å². The van der Waals surface area contributed by atoms with Crippen LogP contribution in [-0.4, -0.2) is 24.0 Å². The Morgan fingerprint density at radius 1 is 1.06 bits per heavy atom. The molecule has 2 rings (SSSR count). The first kappa shape index (κ1) is 10.5. The second-order valence-corrected chi connectivity index (χ2v) is 3.45. The van der Waals surface area contributed by atoms with Crippen molar-refractivity contribution in [2.75, 3.05) is 14.2 Å². The fourth-order valence-electron chi connectivity index (χ4n) is 1.59. The molecule has 0 saturated carbocycles. The highest BCUT2D eigenvalue weighted by Crippen LogP contribution is 2.29. The first-order valence-corrected chi connectivity index (χ1v) is 4.96. The molecule has 0 aliphatic rings. The van der Waals surface area contributed by atoms with Crippen LogP contribution in [0.5, 0.6) is 11.6 Å². The summed E-state index contributed by atoms with van der Waals surface area (Å²) in [6, 6.07) is 7.81. The van der Waals surface area contributed by atoms with Crippen molar-refractivity contribution in [3.05, 3.63) is 30.5 Å². The van der Waals surface area contributed by atoms with Gasteiger partial charge in [-0.3, -0.25) is 4.68 Å². The van der Waals surface area contributed by atoms with Gasteiger partial charge in [0, 0.05) is 13.2 Å². The van der Waals surface area contributed by atoms with Crippen LogP contribution in [0.4, 0.5) is 0 Å². The molecule has 0 saturated heterocycles. The van der Waals surface area contributed by atoms with Crippen LogP contribution in [0.1, 0.15) is 0 Å². The average molecular weight is 218 g/mol. The molecule has 0 N–H and O–H groups in total. The van der Waals surface area contributed by atoms with Gasteiger partial charge >= 0.3 is 0 Å². The summed E-state index contributed by atoms with van der Waals surface area (Å²) in [5.41, 5.74) is 2.04. The molecular weight excluding hydrogens is 204 g/mol. The second-order valence-electron chi connectivity index (χ2n) is 3.45. The number of nitrogens with zero attached hydrogens (tertiary/aromatic N) is 2. The van der Waals surface area contributed by atoms with Crippen LogP contribution in [0.15, 0.2) is 30.5 Å². The molecule has 2 aromatic rings. The van der Waals surface area contributed by atoms with Gasteiger partial charge in [0.2, 0.25) is 5.88 Å². The SMILES string of the molecule is COc1ccc(-c2cn(C)nc2OC)cc1. The summed E-state index contributed by atoms with van der Waals surface area (Å²) in [6.45, 7) is 0. The first-order chi connectivity index (χ1) is 7.74. The van der Waals surface area contributed by atoms with E-state index in [1.54, 1.807) is 18.9 Å². The fourth-order valence-corrected chi connectivity index (χ4v) is 1.59. The van der Waals surface area contributed by atoms with E-state index >= 15 is 0 Å². The van der Waals surface area contributed by atoms with Crippen molar-refractivity contribution >= 4 is 0 Å². The van der Waals surface area contributed by atoms with Gasteiger partial charge in [0.25, 0.3) is 0 Å². The van der Waals surface area contributed by atoms with E-state index in [2.05, 4.69) is 5.10 Å². The van der Waals surface area contributed by atoms with Gasteiger partial charge in [0.1, 0.15) is 5.75 Å². The lowest BCUT2D eigenvalue weighted by Gasteiger charge is -2.02. The van der Waals surface area contributed by atoms with Crippen LogP contribution >= 0.6 is 0 Å². The first-order valence-electron chi connectivity index (χ1n) is 4.96. The third-order valence-electron chi connectivity index (χ3n) is 2.39. The Labute approximate surface area is 94.4 Å². The lowest BCUT2D eigenvalue weighted by Crippen LogP contribution is -1.89. The molecule has 0 aliphatic carbocycles. The molecule has 4 nitrogen and oxygen atoms in total. The third-order valence-corrected chi connectivity index (χ3v) is 2.39.